The number of hydrogen-bond donors (Lipinski definition) is 1. The van der Waals surface area contributed by atoms with E-state index in [0.717, 1.165) is 16.5 Å². The maximum atomic E-state index is 12.8. The van der Waals surface area contributed by atoms with Crippen LogP contribution in [-0.4, -0.2) is 43.9 Å². The quantitative estimate of drug-likeness (QED) is 0.630. The molecule has 26 heavy (non-hydrogen) atoms. The van der Waals surface area contributed by atoms with Gasteiger partial charge in [0, 0.05) is 6.08 Å². The van der Waals surface area contributed by atoms with Crippen LogP contribution in [0.1, 0.15) is 26.3 Å². The van der Waals surface area contributed by atoms with Crippen LogP contribution in [0.15, 0.2) is 35.2 Å². The topological polar surface area (TPSA) is 110 Å². The van der Waals surface area contributed by atoms with Crippen LogP contribution in [-0.2, 0) is 19.6 Å². The van der Waals surface area contributed by atoms with Gasteiger partial charge in [0.25, 0.3) is 10.0 Å². The lowest BCUT2D eigenvalue weighted by Crippen LogP contribution is -2.47. The molecule has 0 saturated heterocycles. The molecule has 0 bridgehead atoms. The van der Waals surface area contributed by atoms with Gasteiger partial charge in [0.2, 0.25) is 0 Å². The van der Waals surface area contributed by atoms with Crippen molar-refractivity contribution in [1.82, 2.24) is 4.90 Å². The smallest absolute Gasteiger partial charge is 0.411 e. The number of sulfonamides is 1. The van der Waals surface area contributed by atoms with Crippen LogP contribution in [0.25, 0.3) is 0 Å². The van der Waals surface area contributed by atoms with Crippen molar-refractivity contribution in [3.63, 3.8) is 0 Å². The number of carbonyl (C=O) groups is 2. The Morgan fingerprint density at radius 2 is 1.77 bits per heavy atom. The van der Waals surface area contributed by atoms with E-state index in [9.17, 15) is 18.0 Å². The maximum Gasteiger partial charge on any atom is 0.411 e. The molecular weight excluding hydrogens is 358 g/mol. The molecule has 1 aliphatic rings. The minimum Gasteiger partial charge on any atom is -0.444 e. The molecule has 0 spiro atoms. The summed E-state index contributed by atoms with van der Waals surface area (Å²) in [4.78, 5) is 24.9. The molecule has 1 amide bonds. The molecule has 0 radical (unpaired) electrons. The van der Waals surface area contributed by atoms with Crippen LogP contribution in [0, 0.1) is 6.92 Å². The lowest BCUT2D eigenvalue weighted by Gasteiger charge is -2.30. The zero-order chi connectivity index (χ0) is 19.7. The molecule has 0 aliphatic carbocycles. The third kappa shape index (κ3) is 4.61. The fourth-order valence-electron chi connectivity index (χ4n) is 2.27. The zero-order valence-corrected chi connectivity index (χ0v) is 16.0. The monoisotopic (exact) mass is 381 g/mol. The van der Waals surface area contributed by atoms with E-state index in [1.165, 1.54) is 0 Å². The number of ketones is 1. The summed E-state index contributed by atoms with van der Waals surface area (Å²) in [5.74, 6) is 5.27. The van der Waals surface area contributed by atoms with Gasteiger partial charge in [0.1, 0.15) is 5.60 Å². The lowest BCUT2D eigenvalue weighted by molar-refractivity contribution is -0.116. The highest BCUT2D eigenvalue weighted by Gasteiger charge is 2.34. The van der Waals surface area contributed by atoms with Gasteiger partial charge in [-0.1, -0.05) is 17.7 Å². The van der Waals surface area contributed by atoms with Crippen LogP contribution >= 0.6 is 0 Å². The number of carbonyl (C=O) groups excluding carboxylic acids is 2. The Labute approximate surface area is 153 Å². The number of nitrogens with zero attached hydrogens (tertiary/aromatic N) is 2. The Balaban J connectivity index is 2.26. The van der Waals surface area contributed by atoms with E-state index in [0.29, 0.717) is 4.41 Å². The molecular formula is C17H23N3O5S. The average Bonchev–Trinajstić information content (AvgIpc) is 2.52. The minimum atomic E-state index is -4.17. The number of nitrogens with two attached hydrogens (primary N) is 1. The highest BCUT2D eigenvalue weighted by molar-refractivity contribution is 7.96. The number of ether oxygens (including phenoxy) is 1. The first-order valence-corrected chi connectivity index (χ1v) is 9.42. The maximum absolute atomic E-state index is 12.8. The molecule has 0 atom stereocenters. The normalized spacial score (nSPS) is 15.5. The van der Waals surface area contributed by atoms with Gasteiger partial charge < -0.3 is 4.74 Å². The number of rotatable bonds is 3. The highest BCUT2D eigenvalue weighted by Crippen LogP contribution is 2.23. The number of aryl methyl sites for hydroxylation is 1. The summed E-state index contributed by atoms with van der Waals surface area (Å²) in [6.45, 7) is 6.38. The second-order valence-electron chi connectivity index (χ2n) is 7.05. The molecule has 0 saturated carbocycles. The number of hydrazine groups is 1. The van der Waals surface area contributed by atoms with Crippen molar-refractivity contribution >= 4 is 27.6 Å². The Kier molecular flexibility index (Phi) is 5.43. The summed E-state index contributed by atoms with van der Waals surface area (Å²) in [7, 11) is -4.17. The number of amides is 1. The molecule has 1 heterocycles. The van der Waals surface area contributed by atoms with Crippen molar-refractivity contribution in [2.75, 3.05) is 17.5 Å². The number of anilines is 1. The van der Waals surface area contributed by atoms with Crippen LogP contribution in [0.4, 0.5) is 10.5 Å². The SMILES string of the molecule is Cc1ccc(N(N)S(=O)(=O)C2=CC(=O)CN(C(=O)OC(C)(C)C)C2)cc1. The van der Waals surface area contributed by atoms with E-state index in [-0.39, 0.29) is 23.7 Å². The fourth-order valence-corrected chi connectivity index (χ4v) is 3.52. The van der Waals surface area contributed by atoms with Crippen molar-refractivity contribution in [1.29, 1.82) is 0 Å². The largest absolute Gasteiger partial charge is 0.444 e. The van der Waals surface area contributed by atoms with E-state index < -0.39 is 27.5 Å². The summed E-state index contributed by atoms with van der Waals surface area (Å²) in [6, 6.07) is 6.56. The highest BCUT2D eigenvalue weighted by atomic mass is 32.2. The first-order valence-electron chi connectivity index (χ1n) is 7.98. The lowest BCUT2D eigenvalue weighted by atomic mass is 10.2. The van der Waals surface area contributed by atoms with Crippen LogP contribution in [0.3, 0.4) is 0 Å². The van der Waals surface area contributed by atoms with E-state index in [1.807, 2.05) is 6.92 Å². The summed E-state index contributed by atoms with van der Waals surface area (Å²) in [6.07, 6.45) is 0.245. The summed E-state index contributed by atoms with van der Waals surface area (Å²) in [5, 5.41) is 0. The molecule has 0 aromatic heterocycles. The van der Waals surface area contributed by atoms with Gasteiger partial charge in [-0.2, -0.15) is 8.42 Å². The van der Waals surface area contributed by atoms with Gasteiger partial charge in [-0.15, -0.1) is 0 Å². The standard InChI is InChI=1S/C17H23N3O5S/c1-12-5-7-13(8-6-12)20(18)26(23,24)15-9-14(21)10-19(11-15)16(22)25-17(2,3)4/h5-9H,10-11,18H2,1-4H3. The molecule has 2 rings (SSSR count). The molecule has 142 valence electrons. The Hall–Kier alpha value is -2.39. The van der Waals surface area contributed by atoms with E-state index in [4.69, 9.17) is 10.6 Å². The summed E-state index contributed by atoms with van der Waals surface area (Å²) >= 11 is 0. The van der Waals surface area contributed by atoms with Crippen molar-refractivity contribution in [2.45, 2.75) is 33.3 Å². The predicted octanol–water partition coefficient (Wildman–Crippen LogP) is 1.71. The second-order valence-corrected chi connectivity index (χ2v) is 8.92. The van der Waals surface area contributed by atoms with Crippen LogP contribution < -0.4 is 10.3 Å². The van der Waals surface area contributed by atoms with Crippen molar-refractivity contribution < 1.29 is 22.7 Å². The first kappa shape index (κ1) is 19.9. The molecule has 1 aliphatic heterocycles. The number of hydrogen-bond acceptors (Lipinski definition) is 6. The first-order chi connectivity index (χ1) is 11.9. The van der Waals surface area contributed by atoms with Crippen molar-refractivity contribution in [3.05, 3.63) is 40.8 Å². The van der Waals surface area contributed by atoms with E-state index in [1.54, 1.807) is 45.0 Å². The molecule has 1 aromatic carbocycles. The van der Waals surface area contributed by atoms with Gasteiger partial charge in [0.15, 0.2) is 5.78 Å². The Bertz CT molecular complexity index is 838. The number of benzene rings is 1. The van der Waals surface area contributed by atoms with Gasteiger partial charge >= 0.3 is 6.09 Å². The molecule has 0 fully saturated rings. The van der Waals surface area contributed by atoms with E-state index in [2.05, 4.69) is 0 Å². The summed E-state index contributed by atoms with van der Waals surface area (Å²) < 4.78 is 31.4. The van der Waals surface area contributed by atoms with Gasteiger partial charge in [0.05, 0.1) is 23.7 Å². The van der Waals surface area contributed by atoms with Gasteiger partial charge in [-0.05, 0) is 39.8 Å². The second kappa shape index (κ2) is 7.08. The van der Waals surface area contributed by atoms with Crippen molar-refractivity contribution in [2.24, 2.45) is 5.84 Å². The van der Waals surface area contributed by atoms with Crippen LogP contribution in [0.5, 0.6) is 0 Å². The Morgan fingerprint density at radius 1 is 1.19 bits per heavy atom. The van der Waals surface area contributed by atoms with E-state index >= 15 is 0 Å². The molecule has 1 aromatic rings. The molecule has 9 heteroatoms. The third-order valence-corrected chi connectivity index (χ3v) is 5.18. The fraction of sp³-hybridized carbons (Fsp3) is 0.412. The van der Waals surface area contributed by atoms with Crippen LogP contribution in [0.2, 0.25) is 0 Å². The third-order valence-electron chi connectivity index (χ3n) is 3.55. The van der Waals surface area contributed by atoms with Crippen molar-refractivity contribution in [3.8, 4) is 0 Å². The zero-order valence-electron chi connectivity index (χ0n) is 15.2. The molecule has 0 unspecified atom stereocenters. The average molecular weight is 381 g/mol. The Morgan fingerprint density at radius 3 is 2.31 bits per heavy atom. The molecule has 8 nitrogen and oxygen atoms in total. The minimum absolute atomic E-state index is 0.247. The van der Waals surface area contributed by atoms with Gasteiger partial charge in [-0.25, -0.2) is 15.1 Å². The summed E-state index contributed by atoms with van der Waals surface area (Å²) in [5.41, 5.74) is 0.434. The van der Waals surface area contributed by atoms with Gasteiger partial charge in [-0.3, -0.25) is 9.69 Å². The molecule has 2 N–H and O–H groups in total. The predicted molar refractivity (Wildman–Crippen MR) is 97.7 cm³/mol.